The minimum absolute atomic E-state index is 0.00916. The van der Waals surface area contributed by atoms with Crippen LogP contribution in [-0.2, 0) is 0 Å². The van der Waals surface area contributed by atoms with Crippen molar-refractivity contribution < 1.29 is 8.78 Å². The second-order valence-corrected chi connectivity index (χ2v) is 5.39. The van der Waals surface area contributed by atoms with Gasteiger partial charge in [-0.15, -0.1) is 0 Å². The molecule has 1 saturated carbocycles. The van der Waals surface area contributed by atoms with E-state index in [0.717, 1.165) is 17.7 Å². The molecule has 4 heteroatoms. The molecule has 2 N–H and O–H groups in total. The van der Waals surface area contributed by atoms with Crippen LogP contribution in [-0.4, -0.2) is 10.9 Å². The molecule has 18 heavy (non-hydrogen) atoms. The van der Waals surface area contributed by atoms with Gasteiger partial charge in [-0.1, -0.05) is 0 Å². The van der Waals surface area contributed by atoms with Crippen LogP contribution in [0.4, 0.5) is 8.78 Å². The van der Waals surface area contributed by atoms with Crippen molar-refractivity contribution in [3.8, 4) is 0 Å². The Hall–Kier alpha value is -1.03. The van der Waals surface area contributed by atoms with E-state index >= 15 is 0 Å². The molecule has 0 bridgehead atoms. The summed E-state index contributed by atoms with van der Waals surface area (Å²) in [5.74, 6) is -2.45. The Morgan fingerprint density at radius 2 is 2.33 bits per heavy atom. The first-order valence-corrected chi connectivity index (χ1v) is 6.52. The van der Waals surface area contributed by atoms with Crippen molar-refractivity contribution in [1.29, 1.82) is 0 Å². The number of hydrogen-bond donors (Lipinski definition) is 1. The van der Waals surface area contributed by atoms with Gasteiger partial charge in [-0.05, 0) is 49.8 Å². The normalized spacial score (nSPS) is 24.8. The van der Waals surface area contributed by atoms with Gasteiger partial charge in [0.05, 0.1) is 0 Å². The molecule has 0 radical (unpaired) electrons. The molecule has 0 aliphatic heterocycles. The number of halogens is 2. The quantitative estimate of drug-likeness (QED) is 0.895. The average Bonchev–Trinajstić information content (AvgIpc) is 2.27. The molecule has 1 aliphatic rings. The average molecular weight is 254 g/mol. The van der Waals surface area contributed by atoms with Crippen molar-refractivity contribution in [1.82, 2.24) is 4.98 Å². The van der Waals surface area contributed by atoms with E-state index in [4.69, 9.17) is 5.73 Å². The molecule has 1 aliphatic carbocycles. The minimum Gasteiger partial charge on any atom is -0.324 e. The molecule has 2 unspecified atom stereocenters. The van der Waals surface area contributed by atoms with Crippen LogP contribution in [0.3, 0.4) is 0 Å². The minimum atomic E-state index is -2.49. The largest absolute Gasteiger partial charge is 0.324 e. The molecular formula is C14H20F2N2. The summed E-state index contributed by atoms with van der Waals surface area (Å²) >= 11 is 0. The van der Waals surface area contributed by atoms with Crippen LogP contribution in [0.15, 0.2) is 18.3 Å². The van der Waals surface area contributed by atoms with Crippen molar-refractivity contribution in [3.63, 3.8) is 0 Å². The summed E-state index contributed by atoms with van der Waals surface area (Å²) in [7, 11) is 0. The van der Waals surface area contributed by atoms with Crippen LogP contribution in [0.1, 0.15) is 49.4 Å². The Balaban J connectivity index is 1.97. The van der Waals surface area contributed by atoms with Gasteiger partial charge in [0.15, 0.2) is 0 Å². The smallest absolute Gasteiger partial charge is 0.248 e. The molecule has 0 aromatic carbocycles. The summed E-state index contributed by atoms with van der Waals surface area (Å²) in [5, 5.41) is 0. The number of alkyl halides is 2. The molecule has 1 aromatic heterocycles. The fourth-order valence-corrected chi connectivity index (χ4v) is 2.77. The van der Waals surface area contributed by atoms with Gasteiger partial charge < -0.3 is 5.73 Å². The Bertz CT molecular complexity index is 407. The fraction of sp³-hybridized carbons (Fsp3) is 0.643. The highest BCUT2D eigenvalue weighted by Crippen LogP contribution is 2.39. The number of rotatable bonds is 3. The van der Waals surface area contributed by atoms with Crippen LogP contribution in [0.25, 0.3) is 0 Å². The van der Waals surface area contributed by atoms with Gasteiger partial charge >= 0.3 is 0 Å². The van der Waals surface area contributed by atoms with E-state index in [2.05, 4.69) is 4.98 Å². The second kappa shape index (κ2) is 5.31. The van der Waals surface area contributed by atoms with Gasteiger partial charge in [-0.2, -0.15) is 0 Å². The van der Waals surface area contributed by atoms with Crippen molar-refractivity contribution in [2.24, 2.45) is 11.7 Å². The molecule has 0 saturated heterocycles. The Morgan fingerprint density at radius 1 is 1.56 bits per heavy atom. The van der Waals surface area contributed by atoms with E-state index in [0.29, 0.717) is 12.8 Å². The van der Waals surface area contributed by atoms with E-state index in [9.17, 15) is 8.78 Å². The first-order valence-electron chi connectivity index (χ1n) is 6.52. The lowest BCUT2D eigenvalue weighted by molar-refractivity contribution is -0.0543. The summed E-state index contributed by atoms with van der Waals surface area (Å²) in [5.41, 5.74) is 8.02. The lowest BCUT2D eigenvalue weighted by Gasteiger charge is -2.30. The Morgan fingerprint density at radius 3 is 3.00 bits per heavy atom. The van der Waals surface area contributed by atoms with E-state index in [1.54, 1.807) is 6.20 Å². The molecule has 2 atom stereocenters. The number of hydrogen-bond acceptors (Lipinski definition) is 2. The first kappa shape index (κ1) is 13.4. The van der Waals surface area contributed by atoms with Gasteiger partial charge in [-0.25, -0.2) is 8.78 Å². The molecule has 100 valence electrons. The van der Waals surface area contributed by atoms with Gasteiger partial charge in [0.2, 0.25) is 5.92 Å². The van der Waals surface area contributed by atoms with Crippen molar-refractivity contribution in [2.45, 2.75) is 51.0 Å². The number of nitrogens with two attached hydrogens (primary N) is 1. The van der Waals surface area contributed by atoms with Crippen LogP contribution in [0, 0.1) is 12.8 Å². The molecule has 0 spiro atoms. The predicted molar refractivity (Wildman–Crippen MR) is 67.4 cm³/mol. The highest BCUT2D eigenvalue weighted by atomic mass is 19.3. The summed E-state index contributed by atoms with van der Waals surface area (Å²) in [6.07, 6.45) is 3.87. The number of aryl methyl sites for hydroxylation is 1. The molecule has 1 fully saturated rings. The van der Waals surface area contributed by atoms with E-state index in [-0.39, 0.29) is 24.8 Å². The van der Waals surface area contributed by atoms with Gasteiger partial charge in [0, 0.05) is 30.8 Å². The molecule has 0 amide bonds. The monoisotopic (exact) mass is 254 g/mol. The lowest BCUT2D eigenvalue weighted by atomic mass is 9.81. The molecule has 2 rings (SSSR count). The van der Waals surface area contributed by atoms with Crippen LogP contribution >= 0.6 is 0 Å². The third kappa shape index (κ3) is 3.48. The molecular weight excluding hydrogens is 234 g/mol. The highest BCUT2D eigenvalue weighted by Gasteiger charge is 2.36. The fourth-order valence-electron chi connectivity index (χ4n) is 2.77. The molecule has 2 nitrogen and oxygen atoms in total. The SMILES string of the molecule is Cc1cc(C(N)CC2CCCC(F)(F)C2)ccn1. The van der Waals surface area contributed by atoms with Crippen molar-refractivity contribution >= 4 is 0 Å². The number of nitrogens with zero attached hydrogens (tertiary/aromatic N) is 1. The van der Waals surface area contributed by atoms with E-state index in [1.165, 1.54) is 0 Å². The van der Waals surface area contributed by atoms with E-state index < -0.39 is 5.92 Å². The summed E-state index contributed by atoms with van der Waals surface area (Å²) in [6, 6.07) is 3.65. The number of aromatic nitrogens is 1. The summed E-state index contributed by atoms with van der Waals surface area (Å²) < 4.78 is 26.6. The highest BCUT2D eigenvalue weighted by molar-refractivity contribution is 5.19. The maximum absolute atomic E-state index is 13.3. The maximum Gasteiger partial charge on any atom is 0.248 e. The zero-order valence-corrected chi connectivity index (χ0v) is 10.7. The standard InChI is InChI=1S/C14H20F2N2/c1-10-7-12(4-6-18-10)13(17)8-11-3-2-5-14(15,16)9-11/h4,6-7,11,13H,2-3,5,8-9,17H2,1H3. The lowest BCUT2D eigenvalue weighted by Crippen LogP contribution is -2.28. The summed E-state index contributed by atoms with van der Waals surface area (Å²) in [4.78, 5) is 4.12. The molecule has 1 aromatic rings. The Kier molecular flexibility index (Phi) is 3.95. The zero-order chi connectivity index (χ0) is 13.2. The van der Waals surface area contributed by atoms with Crippen molar-refractivity contribution in [2.75, 3.05) is 0 Å². The van der Waals surface area contributed by atoms with Crippen LogP contribution in [0.5, 0.6) is 0 Å². The van der Waals surface area contributed by atoms with Crippen molar-refractivity contribution in [3.05, 3.63) is 29.6 Å². The second-order valence-electron chi connectivity index (χ2n) is 5.39. The maximum atomic E-state index is 13.3. The predicted octanol–water partition coefficient (Wildman–Crippen LogP) is 3.61. The third-order valence-corrected chi connectivity index (χ3v) is 3.68. The zero-order valence-electron chi connectivity index (χ0n) is 10.7. The topological polar surface area (TPSA) is 38.9 Å². The molecule has 1 heterocycles. The number of pyridine rings is 1. The summed E-state index contributed by atoms with van der Waals surface area (Å²) in [6.45, 7) is 1.91. The van der Waals surface area contributed by atoms with Crippen LogP contribution in [0.2, 0.25) is 0 Å². The van der Waals surface area contributed by atoms with Crippen LogP contribution < -0.4 is 5.73 Å². The Labute approximate surface area is 107 Å². The van der Waals surface area contributed by atoms with Gasteiger partial charge in [-0.3, -0.25) is 4.98 Å². The van der Waals surface area contributed by atoms with E-state index in [1.807, 2.05) is 19.1 Å². The van der Waals surface area contributed by atoms with Gasteiger partial charge in [0.1, 0.15) is 0 Å². The van der Waals surface area contributed by atoms with Gasteiger partial charge in [0.25, 0.3) is 0 Å². The first-order chi connectivity index (χ1) is 8.46. The third-order valence-electron chi connectivity index (χ3n) is 3.68.